The van der Waals surface area contributed by atoms with Crippen LogP contribution in [0.2, 0.25) is 0 Å². The van der Waals surface area contributed by atoms with Gasteiger partial charge in [-0.1, -0.05) is 26.3 Å². The molecule has 4 nitrogen and oxygen atoms in total. The lowest BCUT2D eigenvalue weighted by atomic mass is 10.2. The molecule has 2 rings (SSSR count). The van der Waals surface area contributed by atoms with Crippen LogP contribution < -0.4 is 0 Å². The lowest BCUT2D eigenvalue weighted by molar-refractivity contribution is 0.101. The van der Waals surface area contributed by atoms with E-state index in [9.17, 15) is 9.59 Å². The second kappa shape index (κ2) is 11.5. The molecule has 0 saturated heterocycles. The van der Waals surface area contributed by atoms with E-state index in [1.165, 1.54) is 13.3 Å². The number of carbonyl (C=O) groups is 2. The number of nitrogens with zero attached hydrogens (tertiary/aromatic N) is 2. The fourth-order valence-electron chi connectivity index (χ4n) is 1.20. The van der Waals surface area contributed by atoms with Crippen molar-refractivity contribution in [3.8, 4) is 0 Å². The van der Waals surface area contributed by atoms with Gasteiger partial charge in [-0.2, -0.15) is 0 Å². The van der Waals surface area contributed by atoms with Crippen molar-refractivity contribution < 1.29 is 9.59 Å². The average molecular weight is 286 g/mol. The maximum atomic E-state index is 10.6. The average Bonchev–Trinajstić information content (AvgIpc) is 2.49. The molecule has 2 aromatic rings. The Morgan fingerprint density at radius 3 is 2.19 bits per heavy atom. The van der Waals surface area contributed by atoms with Crippen molar-refractivity contribution in [3.05, 3.63) is 59.7 Å². The van der Waals surface area contributed by atoms with Crippen molar-refractivity contribution in [1.82, 2.24) is 9.97 Å². The van der Waals surface area contributed by atoms with Gasteiger partial charge in [0.2, 0.25) is 0 Å². The first-order chi connectivity index (χ1) is 10.0. The molecule has 0 atom stereocenters. The van der Waals surface area contributed by atoms with Crippen molar-refractivity contribution in [2.24, 2.45) is 0 Å². The summed E-state index contributed by atoms with van der Waals surface area (Å²) < 4.78 is 0. The van der Waals surface area contributed by atoms with Crippen molar-refractivity contribution in [2.75, 3.05) is 0 Å². The van der Waals surface area contributed by atoms with Gasteiger partial charge in [-0.3, -0.25) is 19.6 Å². The van der Waals surface area contributed by atoms with E-state index in [1.54, 1.807) is 30.6 Å². The van der Waals surface area contributed by atoms with Gasteiger partial charge in [-0.15, -0.1) is 0 Å². The molecular weight excluding hydrogens is 264 g/mol. The number of hydrogen-bond donors (Lipinski definition) is 0. The largest absolute Gasteiger partial charge is 0.296 e. The molecule has 0 bridgehead atoms. The Hall–Kier alpha value is -2.36. The Morgan fingerprint density at radius 1 is 1.19 bits per heavy atom. The molecule has 0 aliphatic carbocycles. The molecule has 0 unspecified atom stereocenters. The van der Waals surface area contributed by atoms with E-state index >= 15 is 0 Å². The maximum Gasteiger partial charge on any atom is 0.168 e. The topological polar surface area (TPSA) is 59.9 Å². The summed E-state index contributed by atoms with van der Waals surface area (Å²) >= 11 is 0. The van der Waals surface area contributed by atoms with Crippen LogP contribution >= 0.6 is 0 Å². The van der Waals surface area contributed by atoms with Crippen molar-refractivity contribution in [1.29, 1.82) is 0 Å². The normalized spacial score (nSPS) is 8.57. The molecule has 112 valence electrons. The predicted molar refractivity (Wildman–Crippen MR) is 84.6 cm³/mol. The van der Waals surface area contributed by atoms with Crippen LogP contribution in [0.4, 0.5) is 0 Å². The van der Waals surface area contributed by atoms with Crippen molar-refractivity contribution in [3.63, 3.8) is 0 Å². The Balaban J connectivity index is 0.000000322. The molecule has 0 aromatic carbocycles. The summed E-state index contributed by atoms with van der Waals surface area (Å²) in [5.41, 5.74) is 2.03. The molecule has 0 spiro atoms. The van der Waals surface area contributed by atoms with Crippen molar-refractivity contribution >= 4 is 12.1 Å². The summed E-state index contributed by atoms with van der Waals surface area (Å²) in [5, 5.41) is 0. The molecule has 0 aliphatic rings. The van der Waals surface area contributed by atoms with Crippen LogP contribution in [0.3, 0.4) is 0 Å². The van der Waals surface area contributed by atoms with Gasteiger partial charge in [-0.05, 0) is 38.1 Å². The number of aromatic nitrogens is 2. The van der Waals surface area contributed by atoms with Crippen molar-refractivity contribution in [2.45, 2.75) is 34.1 Å². The summed E-state index contributed by atoms with van der Waals surface area (Å²) in [4.78, 5) is 28.4. The van der Waals surface area contributed by atoms with Gasteiger partial charge in [0.15, 0.2) is 12.1 Å². The van der Waals surface area contributed by atoms with E-state index in [4.69, 9.17) is 0 Å². The number of aldehydes is 1. The highest BCUT2D eigenvalue weighted by atomic mass is 16.1. The minimum Gasteiger partial charge on any atom is -0.296 e. The van der Waals surface area contributed by atoms with Gasteiger partial charge in [0.25, 0.3) is 0 Å². The second-order valence-corrected chi connectivity index (χ2v) is 4.33. The van der Waals surface area contributed by atoms with Gasteiger partial charge in [-0.25, -0.2) is 0 Å². The fraction of sp³-hybridized carbons (Fsp3) is 0.294. The van der Waals surface area contributed by atoms with E-state index in [-0.39, 0.29) is 5.78 Å². The lowest BCUT2D eigenvalue weighted by Crippen LogP contribution is -1.90. The van der Waals surface area contributed by atoms with Crippen LogP contribution in [0.25, 0.3) is 0 Å². The zero-order valence-corrected chi connectivity index (χ0v) is 13.0. The Bertz CT molecular complexity index is 539. The van der Waals surface area contributed by atoms with Gasteiger partial charge in [0.05, 0.1) is 0 Å². The molecule has 0 aliphatic heterocycles. The van der Waals surface area contributed by atoms with Crippen LogP contribution in [0.1, 0.15) is 53.7 Å². The van der Waals surface area contributed by atoms with Gasteiger partial charge in [0, 0.05) is 23.7 Å². The van der Waals surface area contributed by atoms with Gasteiger partial charge < -0.3 is 0 Å². The molecule has 0 fully saturated rings. The van der Waals surface area contributed by atoms with Crippen LogP contribution in [-0.2, 0) is 0 Å². The summed E-state index contributed by atoms with van der Waals surface area (Å²) in [6.45, 7) is 7.63. The van der Waals surface area contributed by atoms with E-state index in [2.05, 4.69) is 23.8 Å². The molecule has 0 saturated carbocycles. The number of carbonyl (C=O) groups excluding carboxylic acids is 2. The third-order valence-corrected chi connectivity index (χ3v) is 2.10. The van der Waals surface area contributed by atoms with Crippen LogP contribution in [-0.4, -0.2) is 22.0 Å². The number of Topliss-reactive ketones (excluding diaryl/α,β-unsaturated/α-hetero) is 1. The minimum atomic E-state index is 0.0584. The zero-order valence-electron chi connectivity index (χ0n) is 13.0. The standard InChI is InChI=1S/2C7H7NO.C3H8/c1-6(9)7-3-2-4-8-5-7;1-6-3-2-4-7(5-9)8-6;1-3-2/h2*2-5H,1H3;3H2,1-2H3. The second-order valence-electron chi connectivity index (χ2n) is 4.33. The number of pyridine rings is 2. The Kier molecular flexibility index (Phi) is 10.2. The Labute approximate surface area is 126 Å². The lowest BCUT2D eigenvalue weighted by Gasteiger charge is -1.89. The number of aryl methyl sites for hydroxylation is 1. The molecule has 4 heteroatoms. The van der Waals surface area contributed by atoms with E-state index in [0.717, 1.165) is 12.0 Å². The van der Waals surface area contributed by atoms with Crippen LogP contribution in [0, 0.1) is 6.92 Å². The molecule has 0 radical (unpaired) electrons. The molecule has 21 heavy (non-hydrogen) atoms. The highest BCUT2D eigenvalue weighted by Crippen LogP contribution is 1.94. The summed E-state index contributed by atoms with van der Waals surface area (Å²) in [6, 6.07) is 8.84. The maximum absolute atomic E-state index is 10.6. The monoisotopic (exact) mass is 286 g/mol. The van der Waals surface area contributed by atoms with E-state index in [1.807, 2.05) is 19.1 Å². The van der Waals surface area contributed by atoms with Gasteiger partial charge >= 0.3 is 0 Å². The highest BCUT2D eigenvalue weighted by Gasteiger charge is 1.93. The number of ketones is 1. The zero-order chi connectivity index (χ0) is 16.1. The molecular formula is C17H22N2O2. The van der Waals surface area contributed by atoms with E-state index in [0.29, 0.717) is 11.3 Å². The first kappa shape index (κ1) is 18.6. The van der Waals surface area contributed by atoms with Crippen LogP contribution in [0.15, 0.2) is 42.7 Å². The van der Waals surface area contributed by atoms with Gasteiger partial charge in [0.1, 0.15) is 5.69 Å². The number of rotatable bonds is 2. The summed E-state index contributed by atoms with van der Waals surface area (Å²) in [6.07, 6.45) is 5.20. The van der Waals surface area contributed by atoms with E-state index < -0.39 is 0 Å². The third kappa shape index (κ3) is 9.21. The summed E-state index contributed by atoms with van der Waals surface area (Å²) in [5.74, 6) is 0.0584. The molecule has 2 heterocycles. The first-order valence-electron chi connectivity index (χ1n) is 6.84. The van der Waals surface area contributed by atoms with Crippen LogP contribution in [0.5, 0.6) is 0 Å². The smallest absolute Gasteiger partial charge is 0.168 e. The predicted octanol–water partition coefficient (Wildman–Crippen LogP) is 3.90. The quantitative estimate of drug-likeness (QED) is 0.620. The number of hydrogen-bond acceptors (Lipinski definition) is 4. The molecule has 0 N–H and O–H groups in total. The fourth-order valence-corrected chi connectivity index (χ4v) is 1.20. The molecule has 2 aromatic heterocycles. The minimum absolute atomic E-state index is 0.0584. The first-order valence-corrected chi connectivity index (χ1v) is 6.84. The highest BCUT2D eigenvalue weighted by molar-refractivity contribution is 5.93. The Morgan fingerprint density at radius 2 is 1.86 bits per heavy atom. The molecule has 0 amide bonds. The summed E-state index contributed by atoms with van der Waals surface area (Å²) in [7, 11) is 0. The third-order valence-electron chi connectivity index (χ3n) is 2.10. The SMILES string of the molecule is CC(=O)c1cccnc1.CCC.Cc1cccc(C=O)n1.